The lowest BCUT2D eigenvalue weighted by Gasteiger charge is -2.15. The number of benzene rings is 1. The molecule has 21 heavy (non-hydrogen) atoms. The van der Waals surface area contributed by atoms with Crippen molar-refractivity contribution in [3.8, 4) is 0 Å². The highest BCUT2D eigenvalue weighted by Gasteiger charge is 2.23. The van der Waals surface area contributed by atoms with E-state index < -0.39 is 16.9 Å². The first-order valence-electron chi connectivity index (χ1n) is 6.56. The van der Waals surface area contributed by atoms with Gasteiger partial charge in [-0.25, -0.2) is 4.79 Å². The quantitative estimate of drug-likeness (QED) is 0.625. The van der Waals surface area contributed by atoms with Gasteiger partial charge in [-0.15, -0.1) is 0 Å². The lowest BCUT2D eigenvalue weighted by atomic mass is 10.1. The predicted octanol–water partition coefficient (Wildman–Crippen LogP) is 2.81. The largest absolute Gasteiger partial charge is 0.480 e. The van der Waals surface area contributed by atoms with E-state index in [-0.39, 0.29) is 11.4 Å². The molecule has 0 spiro atoms. The minimum atomic E-state index is -1.03. The summed E-state index contributed by atoms with van der Waals surface area (Å²) < 4.78 is 0. The van der Waals surface area contributed by atoms with E-state index in [0.29, 0.717) is 23.7 Å². The van der Waals surface area contributed by atoms with E-state index in [4.69, 9.17) is 5.11 Å². The number of carbonyl (C=O) groups is 1. The van der Waals surface area contributed by atoms with Crippen LogP contribution >= 0.6 is 0 Å². The lowest BCUT2D eigenvalue weighted by molar-refractivity contribution is -0.382. The summed E-state index contributed by atoms with van der Waals surface area (Å²) in [7, 11) is 0. The Kier molecular flexibility index (Phi) is 4.32. The zero-order valence-corrected chi connectivity index (χ0v) is 11.4. The molecule has 0 aliphatic carbocycles. The van der Waals surface area contributed by atoms with Gasteiger partial charge >= 0.3 is 11.7 Å². The molecule has 1 aromatic carbocycles. The maximum absolute atomic E-state index is 11.3. The number of nitrogens with one attached hydrogen (secondary N) is 1. The van der Waals surface area contributed by atoms with Gasteiger partial charge < -0.3 is 10.4 Å². The number of anilines is 1. The van der Waals surface area contributed by atoms with Crippen LogP contribution in [0.1, 0.15) is 19.8 Å². The number of carboxylic acid groups (broad SMARTS) is 1. The van der Waals surface area contributed by atoms with Crippen LogP contribution in [0.25, 0.3) is 10.9 Å². The number of pyridine rings is 1. The van der Waals surface area contributed by atoms with Crippen molar-refractivity contribution in [1.82, 2.24) is 4.98 Å². The van der Waals surface area contributed by atoms with Crippen LogP contribution < -0.4 is 5.32 Å². The number of nitrogens with zero attached hydrogens (tertiary/aromatic N) is 2. The summed E-state index contributed by atoms with van der Waals surface area (Å²) in [4.78, 5) is 26.1. The van der Waals surface area contributed by atoms with Crippen molar-refractivity contribution in [1.29, 1.82) is 0 Å². The molecule has 1 unspecified atom stereocenters. The van der Waals surface area contributed by atoms with Crippen LogP contribution in [0.4, 0.5) is 11.4 Å². The highest BCUT2D eigenvalue weighted by Crippen LogP contribution is 2.33. The van der Waals surface area contributed by atoms with Crippen LogP contribution in [-0.2, 0) is 4.79 Å². The fraction of sp³-hybridized carbons (Fsp3) is 0.286. The van der Waals surface area contributed by atoms with Gasteiger partial charge in [0, 0.05) is 6.20 Å². The maximum Gasteiger partial charge on any atom is 0.326 e. The summed E-state index contributed by atoms with van der Waals surface area (Å²) >= 11 is 0. The Morgan fingerprint density at radius 1 is 1.48 bits per heavy atom. The average Bonchev–Trinajstić information content (AvgIpc) is 2.45. The van der Waals surface area contributed by atoms with Crippen molar-refractivity contribution >= 4 is 28.2 Å². The number of hydrogen-bond acceptors (Lipinski definition) is 5. The Hall–Kier alpha value is -2.70. The Labute approximate surface area is 120 Å². The molecule has 2 aromatic rings. The van der Waals surface area contributed by atoms with Crippen LogP contribution in [0, 0.1) is 10.1 Å². The predicted molar refractivity (Wildman–Crippen MR) is 78.4 cm³/mol. The standard InChI is InChI=1S/C14H15N3O4/c1-2-4-12(14(18)19)16-11-7-6-10-9(5-3-8-15-10)13(11)17(20)21/h3,5-8,12,16H,2,4H2,1H3,(H,18,19). The Balaban J connectivity index is 2.50. The second-order valence-electron chi connectivity index (χ2n) is 4.61. The molecule has 0 bridgehead atoms. The van der Waals surface area contributed by atoms with Crippen LogP contribution in [0.3, 0.4) is 0 Å². The fourth-order valence-corrected chi connectivity index (χ4v) is 2.18. The van der Waals surface area contributed by atoms with E-state index in [2.05, 4.69) is 10.3 Å². The summed E-state index contributed by atoms with van der Waals surface area (Å²) in [5.41, 5.74) is 0.543. The second-order valence-corrected chi connectivity index (χ2v) is 4.61. The van der Waals surface area contributed by atoms with Gasteiger partial charge in [0.25, 0.3) is 0 Å². The van der Waals surface area contributed by atoms with E-state index in [9.17, 15) is 14.9 Å². The van der Waals surface area contributed by atoms with Crippen LogP contribution in [0.15, 0.2) is 30.5 Å². The third-order valence-electron chi connectivity index (χ3n) is 3.14. The van der Waals surface area contributed by atoms with E-state index in [0.717, 1.165) is 0 Å². The minimum absolute atomic E-state index is 0.150. The molecule has 7 nitrogen and oxygen atoms in total. The van der Waals surface area contributed by atoms with Crippen molar-refractivity contribution < 1.29 is 14.8 Å². The highest BCUT2D eigenvalue weighted by atomic mass is 16.6. The minimum Gasteiger partial charge on any atom is -0.480 e. The Morgan fingerprint density at radius 3 is 2.86 bits per heavy atom. The van der Waals surface area contributed by atoms with Crippen LogP contribution in [-0.4, -0.2) is 27.0 Å². The zero-order valence-electron chi connectivity index (χ0n) is 11.4. The van der Waals surface area contributed by atoms with Gasteiger partial charge in [-0.2, -0.15) is 0 Å². The van der Waals surface area contributed by atoms with E-state index >= 15 is 0 Å². The third kappa shape index (κ3) is 3.07. The molecule has 0 aliphatic rings. The first-order valence-corrected chi connectivity index (χ1v) is 6.56. The number of aromatic nitrogens is 1. The molecule has 7 heteroatoms. The Morgan fingerprint density at radius 2 is 2.24 bits per heavy atom. The highest BCUT2D eigenvalue weighted by molar-refractivity contribution is 5.95. The topological polar surface area (TPSA) is 105 Å². The van der Waals surface area contributed by atoms with Crippen molar-refractivity contribution in [2.45, 2.75) is 25.8 Å². The molecular formula is C14H15N3O4. The van der Waals surface area contributed by atoms with Gasteiger partial charge in [-0.05, 0) is 30.7 Å². The number of nitro benzene ring substituents is 1. The molecular weight excluding hydrogens is 274 g/mol. The molecule has 2 rings (SSSR count). The number of aliphatic carboxylic acids is 1. The molecule has 2 N–H and O–H groups in total. The summed E-state index contributed by atoms with van der Waals surface area (Å²) in [6, 6.07) is 5.48. The normalized spacial score (nSPS) is 12.0. The van der Waals surface area contributed by atoms with Crippen LogP contribution in [0.2, 0.25) is 0 Å². The third-order valence-corrected chi connectivity index (χ3v) is 3.14. The van der Waals surface area contributed by atoms with E-state index in [1.165, 1.54) is 6.07 Å². The van der Waals surface area contributed by atoms with Gasteiger partial charge in [-0.1, -0.05) is 13.3 Å². The number of nitro groups is 1. The van der Waals surface area contributed by atoms with Gasteiger partial charge in [-0.3, -0.25) is 15.1 Å². The monoisotopic (exact) mass is 289 g/mol. The second kappa shape index (κ2) is 6.17. The van der Waals surface area contributed by atoms with E-state index in [1.54, 1.807) is 24.4 Å². The molecule has 0 radical (unpaired) electrons. The molecule has 0 saturated carbocycles. The molecule has 0 aliphatic heterocycles. The molecule has 110 valence electrons. The van der Waals surface area contributed by atoms with Crippen LogP contribution in [0.5, 0.6) is 0 Å². The smallest absolute Gasteiger partial charge is 0.326 e. The van der Waals surface area contributed by atoms with Crippen molar-refractivity contribution in [3.63, 3.8) is 0 Å². The first kappa shape index (κ1) is 14.7. The zero-order chi connectivity index (χ0) is 15.4. The molecule has 1 atom stereocenters. The van der Waals surface area contributed by atoms with Crippen molar-refractivity contribution in [2.24, 2.45) is 0 Å². The molecule has 1 aromatic heterocycles. The molecule has 0 amide bonds. The number of fused-ring (bicyclic) bond motifs is 1. The number of rotatable bonds is 6. The van der Waals surface area contributed by atoms with Crippen molar-refractivity contribution in [3.05, 3.63) is 40.6 Å². The summed E-state index contributed by atoms with van der Waals surface area (Å²) in [5, 5.41) is 23.6. The van der Waals surface area contributed by atoms with Gasteiger partial charge in [0.2, 0.25) is 0 Å². The summed E-state index contributed by atoms with van der Waals surface area (Å²) in [6.07, 6.45) is 2.60. The van der Waals surface area contributed by atoms with E-state index in [1.807, 2.05) is 6.92 Å². The summed E-state index contributed by atoms with van der Waals surface area (Å²) in [5.74, 6) is -1.03. The number of hydrogen-bond donors (Lipinski definition) is 2. The average molecular weight is 289 g/mol. The summed E-state index contributed by atoms with van der Waals surface area (Å²) in [6.45, 7) is 1.86. The molecule has 0 fully saturated rings. The van der Waals surface area contributed by atoms with Gasteiger partial charge in [0.05, 0.1) is 15.8 Å². The van der Waals surface area contributed by atoms with Gasteiger partial charge in [0.15, 0.2) is 0 Å². The lowest BCUT2D eigenvalue weighted by Crippen LogP contribution is -2.29. The Bertz CT molecular complexity index is 687. The fourth-order valence-electron chi connectivity index (χ4n) is 2.18. The maximum atomic E-state index is 11.3. The first-order chi connectivity index (χ1) is 10.0. The van der Waals surface area contributed by atoms with Crippen molar-refractivity contribution in [2.75, 3.05) is 5.32 Å². The SMILES string of the molecule is CCCC(Nc1ccc2ncccc2c1[N+](=O)[O-])C(=O)O. The molecule has 1 heterocycles. The number of carboxylic acids is 1. The van der Waals surface area contributed by atoms with Gasteiger partial charge in [0.1, 0.15) is 11.7 Å². The molecule has 0 saturated heterocycles.